The molecule has 0 aliphatic carbocycles. The van der Waals surface area contributed by atoms with Crippen LogP contribution in [0.2, 0.25) is 0 Å². The highest BCUT2D eigenvalue weighted by Gasteiger charge is 2.23. The highest BCUT2D eigenvalue weighted by atomic mass is 32.2. The number of benzene rings is 1. The van der Waals surface area contributed by atoms with Gasteiger partial charge >= 0.3 is 5.97 Å². The third kappa shape index (κ3) is 4.93. The van der Waals surface area contributed by atoms with Crippen LogP contribution in [0.5, 0.6) is 5.75 Å². The van der Waals surface area contributed by atoms with Crippen molar-refractivity contribution in [3.05, 3.63) is 23.8 Å². The largest absolute Gasteiger partial charge is 0.495 e. The average molecular weight is 344 g/mol. The number of carboxylic acids is 1. The number of carboxylic acid groups (broad SMARTS) is 1. The first-order valence-electron chi connectivity index (χ1n) is 6.76. The highest BCUT2D eigenvalue weighted by Crippen LogP contribution is 2.25. The minimum absolute atomic E-state index is 0.0543. The Morgan fingerprint density at radius 1 is 1.35 bits per heavy atom. The van der Waals surface area contributed by atoms with Crippen LogP contribution in [0.1, 0.15) is 24.2 Å². The first-order valence-corrected chi connectivity index (χ1v) is 8.24. The number of hydrogen-bond acceptors (Lipinski definition) is 5. The van der Waals surface area contributed by atoms with Gasteiger partial charge < -0.3 is 14.7 Å². The Hall–Kier alpha value is -2.13. The minimum Gasteiger partial charge on any atom is -0.495 e. The monoisotopic (exact) mass is 344 g/mol. The molecule has 0 bridgehead atoms. The average Bonchev–Trinajstić information content (AvgIpc) is 2.43. The molecule has 0 unspecified atom stereocenters. The number of nitrogens with one attached hydrogen (secondary N) is 1. The maximum atomic E-state index is 12.3. The summed E-state index contributed by atoms with van der Waals surface area (Å²) in [5.74, 6) is -1.67. The number of hydrogen-bond donors (Lipinski definition) is 2. The molecular formula is C14H20N2O6S. The smallest absolute Gasteiger partial charge is 0.323 e. The molecule has 0 saturated carbocycles. The third-order valence-electron chi connectivity index (χ3n) is 2.81. The van der Waals surface area contributed by atoms with Crippen molar-refractivity contribution in [1.29, 1.82) is 0 Å². The molecule has 23 heavy (non-hydrogen) atoms. The molecule has 0 aromatic heterocycles. The summed E-state index contributed by atoms with van der Waals surface area (Å²) in [6, 6.07) is 3.58. The van der Waals surface area contributed by atoms with Crippen LogP contribution in [-0.2, 0) is 14.8 Å². The van der Waals surface area contributed by atoms with Gasteiger partial charge in [-0.05, 0) is 32.0 Å². The molecule has 0 heterocycles. The predicted octanol–water partition coefficient (Wildman–Crippen LogP) is 0.538. The van der Waals surface area contributed by atoms with Crippen LogP contribution >= 0.6 is 0 Å². The molecular weight excluding hydrogens is 324 g/mol. The van der Waals surface area contributed by atoms with Gasteiger partial charge in [0, 0.05) is 18.7 Å². The van der Waals surface area contributed by atoms with Gasteiger partial charge in [0.2, 0.25) is 10.0 Å². The summed E-state index contributed by atoms with van der Waals surface area (Å²) in [4.78, 5) is 23.7. The van der Waals surface area contributed by atoms with Gasteiger partial charge in [-0.25, -0.2) is 13.1 Å². The lowest BCUT2D eigenvalue weighted by Gasteiger charge is -2.17. The van der Waals surface area contributed by atoms with Gasteiger partial charge in [0.1, 0.15) is 17.2 Å². The molecule has 9 heteroatoms. The Kier molecular flexibility index (Phi) is 6.11. The summed E-state index contributed by atoms with van der Waals surface area (Å²) in [5.41, 5.74) is 0.0543. The number of sulfonamides is 1. The number of carbonyl (C=O) groups excluding carboxylic acids is 1. The molecule has 1 aromatic rings. The zero-order chi connectivity index (χ0) is 17.8. The van der Waals surface area contributed by atoms with Gasteiger partial charge in [-0.3, -0.25) is 9.59 Å². The summed E-state index contributed by atoms with van der Waals surface area (Å²) in [5, 5.41) is 8.73. The van der Waals surface area contributed by atoms with Crippen LogP contribution in [-0.4, -0.2) is 57.0 Å². The summed E-state index contributed by atoms with van der Waals surface area (Å²) in [6.45, 7) is 2.84. The lowest BCUT2D eigenvalue weighted by molar-refractivity contribution is -0.137. The molecule has 0 fully saturated rings. The van der Waals surface area contributed by atoms with E-state index in [1.807, 2.05) is 0 Å². The third-order valence-corrected chi connectivity index (χ3v) is 4.49. The van der Waals surface area contributed by atoms with E-state index in [1.165, 1.54) is 32.4 Å². The summed E-state index contributed by atoms with van der Waals surface area (Å²) in [7, 11) is -1.23. The van der Waals surface area contributed by atoms with Gasteiger partial charge in [0.05, 0.1) is 7.11 Å². The van der Waals surface area contributed by atoms with Crippen LogP contribution in [0.25, 0.3) is 0 Å². The van der Waals surface area contributed by atoms with Crippen molar-refractivity contribution in [2.45, 2.75) is 24.8 Å². The van der Waals surface area contributed by atoms with Crippen molar-refractivity contribution >= 4 is 21.9 Å². The van der Waals surface area contributed by atoms with Crippen LogP contribution in [0.15, 0.2) is 23.1 Å². The Morgan fingerprint density at radius 3 is 2.43 bits per heavy atom. The molecule has 1 amide bonds. The zero-order valence-electron chi connectivity index (χ0n) is 13.4. The van der Waals surface area contributed by atoms with E-state index in [2.05, 4.69) is 4.72 Å². The normalized spacial score (nSPS) is 11.3. The molecule has 8 nitrogen and oxygen atoms in total. The van der Waals surface area contributed by atoms with Crippen molar-refractivity contribution in [2.75, 3.05) is 20.7 Å². The number of amides is 1. The van der Waals surface area contributed by atoms with Crippen LogP contribution in [0.3, 0.4) is 0 Å². The Bertz CT molecular complexity index is 699. The van der Waals surface area contributed by atoms with Crippen molar-refractivity contribution in [2.24, 2.45) is 0 Å². The number of nitrogens with zero attached hydrogens (tertiary/aromatic N) is 1. The number of carbonyl (C=O) groups is 2. The van der Waals surface area contributed by atoms with E-state index in [0.29, 0.717) is 0 Å². The molecule has 1 rings (SSSR count). The van der Waals surface area contributed by atoms with Gasteiger partial charge in [-0.15, -0.1) is 0 Å². The quantitative estimate of drug-likeness (QED) is 0.746. The van der Waals surface area contributed by atoms with E-state index in [9.17, 15) is 18.0 Å². The topological polar surface area (TPSA) is 113 Å². The molecule has 1 aromatic carbocycles. The van der Waals surface area contributed by atoms with Gasteiger partial charge in [0.25, 0.3) is 5.91 Å². The van der Waals surface area contributed by atoms with E-state index < -0.39 is 28.4 Å². The van der Waals surface area contributed by atoms with Gasteiger partial charge in [-0.2, -0.15) is 0 Å². The highest BCUT2D eigenvalue weighted by molar-refractivity contribution is 7.89. The summed E-state index contributed by atoms with van der Waals surface area (Å²) in [6.07, 6.45) is 0. The Balaban J connectivity index is 3.28. The summed E-state index contributed by atoms with van der Waals surface area (Å²) >= 11 is 0. The number of methoxy groups -OCH3 is 1. The molecule has 128 valence electrons. The van der Waals surface area contributed by atoms with Crippen molar-refractivity contribution in [1.82, 2.24) is 9.62 Å². The van der Waals surface area contributed by atoms with Gasteiger partial charge in [-0.1, -0.05) is 0 Å². The molecule has 0 spiro atoms. The van der Waals surface area contributed by atoms with E-state index in [-0.39, 0.29) is 22.3 Å². The van der Waals surface area contributed by atoms with Crippen LogP contribution in [0.4, 0.5) is 0 Å². The van der Waals surface area contributed by atoms with Crippen LogP contribution < -0.4 is 9.46 Å². The van der Waals surface area contributed by atoms with E-state index in [4.69, 9.17) is 9.84 Å². The minimum atomic E-state index is -3.87. The van der Waals surface area contributed by atoms with E-state index >= 15 is 0 Å². The molecule has 0 radical (unpaired) electrons. The number of aliphatic carboxylic acids is 1. The molecule has 2 N–H and O–H groups in total. The standard InChI is InChI=1S/C14H20N2O6S/c1-9(2)15-23(20,21)12-7-10(5-6-11(12)22-4)14(19)16(3)8-13(17)18/h5-7,9,15H,8H2,1-4H3,(H,17,18). The van der Waals surface area contributed by atoms with Crippen molar-refractivity contribution in [3.63, 3.8) is 0 Å². The molecule has 0 atom stereocenters. The second-order valence-electron chi connectivity index (χ2n) is 5.20. The lowest BCUT2D eigenvalue weighted by atomic mass is 10.2. The number of rotatable bonds is 7. The van der Waals surface area contributed by atoms with E-state index in [0.717, 1.165) is 4.90 Å². The Morgan fingerprint density at radius 2 is 1.96 bits per heavy atom. The maximum absolute atomic E-state index is 12.3. The fraction of sp³-hybridized carbons (Fsp3) is 0.429. The second kappa shape index (κ2) is 7.42. The first kappa shape index (κ1) is 18.9. The van der Waals surface area contributed by atoms with Gasteiger partial charge in [0.15, 0.2) is 0 Å². The zero-order valence-corrected chi connectivity index (χ0v) is 14.2. The first-order chi connectivity index (χ1) is 10.6. The maximum Gasteiger partial charge on any atom is 0.323 e. The lowest BCUT2D eigenvalue weighted by Crippen LogP contribution is -2.33. The number of likely N-dealkylation sites (N-methyl/N-ethyl adjacent to an activating group) is 1. The molecule has 0 saturated heterocycles. The molecule has 0 aliphatic heterocycles. The Labute approximate surface area is 135 Å². The number of ether oxygens (including phenoxy) is 1. The second-order valence-corrected chi connectivity index (χ2v) is 6.88. The predicted molar refractivity (Wildman–Crippen MR) is 83.0 cm³/mol. The van der Waals surface area contributed by atoms with E-state index in [1.54, 1.807) is 13.8 Å². The fourth-order valence-corrected chi connectivity index (χ4v) is 3.33. The van der Waals surface area contributed by atoms with Crippen LogP contribution in [0, 0.1) is 0 Å². The fourth-order valence-electron chi connectivity index (χ4n) is 1.89. The van der Waals surface area contributed by atoms with Crippen molar-refractivity contribution < 1.29 is 27.9 Å². The SMILES string of the molecule is COc1ccc(C(=O)N(C)CC(=O)O)cc1S(=O)(=O)NC(C)C. The summed E-state index contributed by atoms with van der Waals surface area (Å²) < 4.78 is 32.1. The molecule has 0 aliphatic rings. The van der Waals surface area contributed by atoms with Crippen molar-refractivity contribution in [3.8, 4) is 5.75 Å².